The number of hydrogen-bond donors (Lipinski definition) is 7. The molecule has 16 heteroatoms. The molecule has 0 aliphatic carbocycles. The topological polar surface area (TPSA) is 213 Å². The molecule has 3 unspecified atom stereocenters. The van der Waals surface area contributed by atoms with Gasteiger partial charge >= 0.3 is 24.1 Å². The average Bonchev–Trinajstić information content (AvgIpc) is 3.13. The van der Waals surface area contributed by atoms with E-state index in [9.17, 15) is 33.9 Å². The van der Waals surface area contributed by atoms with Gasteiger partial charge in [-0.25, -0.2) is 19.2 Å². The van der Waals surface area contributed by atoms with Crippen molar-refractivity contribution in [1.82, 2.24) is 41.3 Å². The number of hydrogen-bond acceptors (Lipinski definition) is 8. The first-order valence-corrected chi connectivity index (χ1v) is 9.68. The molecule has 2 heterocycles. The minimum Gasteiger partial charge on any atom is -0.376 e. The lowest BCUT2D eigenvalue weighted by atomic mass is 10.1. The number of amides is 10. The van der Waals surface area contributed by atoms with Gasteiger partial charge in [0.25, 0.3) is 11.8 Å². The second-order valence-corrected chi connectivity index (χ2v) is 7.04. The molecule has 2 aliphatic rings. The molecular weight excluding hydrogens is 432 g/mol. The SMILES string of the molecule is CCC(C)CN1C(=O)C(NC(=O)NCNC(=O)NC2C(=O)NC(=O)N2CO)N(CO)C1=O. The van der Waals surface area contributed by atoms with Crippen molar-refractivity contribution in [3.05, 3.63) is 0 Å². The number of nitrogens with one attached hydrogen (secondary N) is 5. The molecule has 0 aromatic heterocycles. The number of rotatable bonds is 9. The van der Waals surface area contributed by atoms with Crippen LogP contribution in [-0.2, 0) is 9.59 Å². The van der Waals surface area contributed by atoms with Crippen LogP contribution in [0.3, 0.4) is 0 Å². The van der Waals surface area contributed by atoms with Gasteiger partial charge < -0.3 is 31.5 Å². The Kier molecular flexibility index (Phi) is 8.14. The van der Waals surface area contributed by atoms with Crippen LogP contribution in [0.2, 0.25) is 0 Å². The van der Waals surface area contributed by atoms with E-state index >= 15 is 0 Å². The zero-order valence-corrected chi connectivity index (χ0v) is 17.5. The van der Waals surface area contributed by atoms with Crippen molar-refractivity contribution in [2.45, 2.75) is 32.6 Å². The lowest BCUT2D eigenvalue weighted by Crippen LogP contribution is -2.56. The van der Waals surface area contributed by atoms with Crippen molar-refractivity contribution in [3.63, 3.8) is 0 Å². The van der Waals surface area contributed by atoms with Crippen molar-refractivity contribution < 1.29 is 39.0 Å². The first-order valence-electron chi connectivity index (χ1n) is 9.68. The maximum Gasteiger partial charge on any atom is 0.330 e. The van der Waals surface area contributed by atoms with Gasteiger partial charge in [0.2, 0.25) is 0 Å². The van der Waals surface area contributed by atoms with E-state index in [4.69, 9.17) is 5.11 Å². The number of aliphatic hydroxyl groups is 2. The highest BCUT2D eigenvalue weighted by molar-refractivity contribution is 6.06. The van der Waals surface area contributed by atoms with Gasteiger partial charge in [0.1, 0.15) is 13.5 Å². The Morgan fingerprint density at radius 1 is 1.00 bits per heavy atom. The third-order valence-electron chi connectivity index (χ3n) is 4.87. The summed E-state index contributed by atoms with van der Waals surface area (Å²) < 4.78 is 0. The van der Waals surface area contributed by atoms with E-state index in [0.717, 1.165) is 16.2 Å². The van der Waals surface area contributed by atoms with E-state index in [2.05, 4.69) is 21.3 Å². The standard InChI is InChI=1S/C16H26N8O8/c1-3-8(2)4-22-12(28)10(24(7-26)16(22)32)20-14(30)18-5-17-13(29)19-9-11(27)21-15(31)23(9)6-25/h8-10,25-26H,3-7H2,1-2H3,(H2,17,19,29)(H2,18,20,30)(H,21,27,31). The third kappa shape index (κ3) is 5.33. The Hall–Kier alpha value is -3.66. The van der Waals surface area contributed by atoms with Crippen LogP contribution < -0.4 is 26.6 Å². The number of aliphatic hydroxyl groups excluding tert-OH is 2. The van der Waals surface area contributed by atoms with Gasteiger partial charge in [-0.15, -0.1) is 0 Å². The summed E-state index contributed by atoms with van der Waals surface area (Å²) in [6, 6.07) is -3.49. The first-order chi connectivity index (χ1) is 15.1. The summed E-state index contributed by atoms with van der Waals surface area (Å²) in [5.74, 6) is -1.52. The highest BCUT2D eigenvalue weighted by Gasteiger charge is 2.46. The largest absolute Gasteiger partial charge is 0.376 e. The average molecular weight is 458 g/mol. The minimum absolute atomic E-state index is 0.0257. The van der Waals surface area contributed by atoms with Crippen molar-refractivity contribution >= 4 is 35.9 Å². The quantitative estimate of drug-likeness (QED) is 0.139. The Morgan fingerprint density at radius 3 is 2.09 bits per heavy atom. The fourth-order valence-electron chi connectivity index (χ4n) is 2.88. The molecule has 10 amide bonds. The zero-order valence-electron chi connectivity index (χ0n) is 17.5. The molecule has 2 fully saturated rings. The zero-order chi connectivity index (χ0) is 24.0. The van der Waals surface area contributed by atoms with Crippen molar-refractivity contribution in [2.24, 2.45) is 5.92 Å². The van der Waals surface area contributed by atoms with Crippen LogP contribution in [0.1, 0.15) is 20.3 Å². The Morgan fingerprint density at radius 2 is 1.56 bits per heavy atom. The maximum atomic E-state index is 12.5. The summed E-state index contributed by atoms with van der Waals surface area (Å²) in [4.78, 5) is 74.2. The second kappa shape index (κ2) is 10.6. The Labute approximate surface area is 182 Å². The molecule has 0 spiro atoms. The molecule has 0 bridgehead atoms. The molecule has 16 nitrogen and oxygen atoms in total. The molecule has 3 atom stereocenters. The molecule has 2 rings (SSSR count). The molecule has 32 heavy (non-hydrogen) atoms. The lowest BCUT2D eigenvalue weighted by Gasteiger charge is -2.21. The van der Waals surface area contributed by atoms with Crippen LogP contribution in [0.25, 0.3) is 0 Å². The third-order valence-corrected chi connectivity index (χ3v) is 4.87. The van der Waals surface area contributed by atoms with Crippen molar-refractivity contribution in [2.75, 3.05) is 26.7 Å². The number of carbonyl (C=O) groups excluding carboxylic acids is 6. The van der Waals surface area contributed by atoms with Crippen molar-refractivity contribution in [1.29, 1.82) is 0 Å². The number of nitrogens with zero attached hydrogens (tertiary/aromatic N) is 3. The Balaban J connectivity index is 1.83. The predicted octanol–water partition coefficient (Wildman–Crippen LogP) is -3.04. The van der Waals surface area contributed by atoms with Crippen LogP contribution in [0, 0.1) is 5.92 Å². The predicted molar refractivity (Wildman–Crippen MR) is 104 cm³/mol. The second-order valence-electron chi connectivity index (χ2n) is 7.04. The minimum atomic E-state index is -1.43. The summed E-state index contributed by atoms with van der Waals surface area (Å²) in [6.07, 6.45) is -2.13. The van der Waals surface area contributed by atoms with E-state index in [1.807, 2.05) is 19.2 Å². The van der Waals surface area contributed by atoms with Gasteiger partial charge in [-0.05, 0) is 5.92 Å². The van der Waals surface area contributed by atoms with E-state index < -0.39 is 68.4 Å². The van der Waals surface area contributed by atoms with E-state index in [0.29, 0.717) is 4.90 Å². The van der Waals surface area contributed by atoms with Gasteiger partial charge in [-0.1, -0.05) is 20.3 Å². The number of imide groups is 2. The molecule has 178 valence electrons. The smallest absolute Gasteiger partial charge is 0.330 e. The molecule has 0 aromatic carbocycles. The van der Waals surface area contributed by atoms with Gasteiger partial charge in [-0.2, -0.15) is 0 Å². The van der Waals surface area contributed by atoms with Crippen molar-refractivity contribution in [3.8, 4) is 0 Å². The monoisotopic (exact) mass is 458 g/mol. The van der Waals surface area contributed by atoms with Crippen LogP contribution in [0.4, 0.5) is 19.2 Å². The van der Waals surface area contributed by atoms with Crippen LogP contribution in [0.5, 0.6) is 0 Å². The van der Waals surface area contributed by atoms with E-state index in [-0.39, 0.29) is 12.5 Å². The van der Waals surface area contributed by atoms with Crippen LogP contribution in [0.15, 0.2) is 0 Å². The highest BCUT2D eigenvalue weighted by atomic mass is 16.3. The lowest BCUT2D eigenvalue weighted by molar-refractivity contribution is -0.129. The van der Waals surface area contributed by atoms with E-state index in [1.54, 1.807) is 0 Å². The molecule has 0 aromatic rings. The van der Waals surface area contributed by atoms with Gasteiger partial charge in [0.05, 0.1) is 6.67 Å². The van der Waals surface area contributed by atoms with Crippen LogP contribution >= 0.6 is 0 Å². The van der Waals surface area contributed by atoms with Crippen LogP contribution in [-0.4, -0.2) is 99.9 Å². The molecular formula is C16H26N8O8. The molecule has 2 aliphatic heterocycles. The highest BCUT2D eigenvalue weighted by Crippen LogP contribution is 2.18. The number of urea groups is 4. The maximum absolute atomic E-state index is 12.5. The molecule has 2 saturated heterocycles. The van der Waals surface area contributed by atoms with Gasteiger partial charge in [0, 0.05) is 6.54 Å². The fraction of sp³-hybridized carbons (Fsp3) is 0.625. The number of carbonyl (C=O) groups is 6. The summed E-state index contributed by atoms with van der Waals surface area (Å²) in [7, 11) is 0. The van der Waals surface area contributed by atoms with E-state index in [1.165, 1.54) is 0 Å². The Bertz CT molecular complexity index is 792. The summed E-state index contributed by atoms with van der Waals surface area (Å²) >= 11 is 0. The summed E-state index contributed by atoms with van der Waals surface area (Å²) in [5, 5.41) is 29.2. The van der Waals surface area contributed by atoms with Gasteiger partial charge in [-0.3, -0.25) is 29.6 Å². The first kappa shape index (κ1) is 24.6. The van der Waals surface area contributed by atoms with Gasteiger partial charge in [0.15, 0.2) is 12.3 Å². The molecule has 7 N–H and O–H groups in total. The fourth-order valence-corrected chi connectivity index (χ4v) is 2.88. The molecule has 0 radical (unpaired) electrons. The molecule has 0 saturated carbocycles. The summed E-state index contributed by atoms with van der Waals surface area (Å²) in [5.41, 5.74) is 0. The summed E-state index contributed by atoms with van der Waals surface area (Å²) in [6.45, 7) is 1.81. The normalized spacial score (nSPS) is 21.6.